The number of benzene rings is 1. The molecule has 0 aliphatic heterocycles. The quantitative estimate of drug-likeness (QED) is 0.776. The molecule has 0 saturated carbocycles. The van der Waals surface area contributed by atoms with Crippen LogP contribution in [0.3, 0.4) is 0 Å². The number of methoxy groups -OCH3 is 1. The number of carbonyl (C=O) groups excluding carboxylic acids is 1. The summed E-state index contributed by atoms with van der Waals surface area (Å²) in [5.41, 5.74) is 0.924. The molecule has 0 aromatic heterocycles. The van der Waals surface area contributed by atoms with E-state index in [-0.39, 0.29) is 19.0 Å². The second-order valence-electron chi connectivity index (χ2n) is 3.17. The second-order valence-corrected chi connectivity index (χ2v) is 3.58. The normalized spacial score (nSPS) is 10.1. The number of Topliss-reactive ketones (excluding diaryl/α,β-unsaturated/α-hetero) is 1. The molecule has 1 aromatic rings. The van der Waals surface area contributed by atoms with Crippen LogP contribution in [0.15, 0.2) is 18.2 Å². The largest absolute Gasteiger partial charge is 0.486 e. The van der Waals surface area contributed by atoms with E-state index in [0.29, 0.717) is 10.8 Å². The topological polar surface area (TPSA) is 35.5 Å². The van der Waals surface area contributed by atoms with Crippen molar-refractivity contribution < 1.29 is 14.3 Å². The van der Waals surface area contributed by atoms with Crippen LogP contribution < -0.4 is 4.74 Å². The van der Waals surface area contributed by atoms with Crippen LogP contribution >= 0.6 is 11.6 Å². The smallest absolute Gasteiger partial charge is 0.195 e. The molecule has 82 valence electrons. The molecule has 0 bridgehead atoms. The number of aryl methyl sites for hydroxylation is 1. The molecule has 0 amide bonds. The summed E-state index contributed by atoms with van der Waals surface area (Å²) in [6, 6.07) is 5.27. The third-order valence-corrected chi connectivity index (χ3v) is 2.26. The van der Waals surface area contributed by atoms with Crippen molar-refractivity contribution in [3.05, 3.63) is 28.8 Å². The number of hydrogen-bond acceptors (Lipinski definition) is 3. The van der Waals surface area contributed by atoms with E-state index in [1.165, 1.54) is 7.11 Å². The fourth-order valence-corrected chi connectivity index (χ4v) is 1.19. The standard InChI is InChI=1S/C11H13ClO3/c1-8-5-10(3-4-11(8)12)15-7-9(13)6-14-2/h3-5H,6-7H2,1-2H3. The van der Waals surface area contributed by atoms with Gasteiger partial charge in [0.25, 0.3) is 0 Å². The summed E-state index contributed by atoms with van der Waals surface area (Å²) < 4.78 is 9.95. The maximum atomic E-state index is 11.1. The van der Waals surface area contributed by atoms with E-state index in [0.717, 1.165) is 5.56 Å². The van der Waals surface area contributed by atoms with E-state index in [2.05, 4.69) is 4.74 Å². The SMILES string of the molecule is COCC(=O)COc1ccc(Cl)c(C)c1. The van der Waals surface area contributed by atoms with Crippen molar-refractivity contribution in [1.29, 1.82) is 0 Å². The summed E-state index contributed by atoms with van der Waals surface area (Å²) >= 11 is 5.85. The monoisotopic (exact) mass is 228 g/mol. The van der Waals surface area contributed by atoms with Crippen LogP contribution in [0.2, 0.25) is 5.02 Å². The lowest BCUT2D eigenvalue weighted by Crippen LogP contribution is -2.16. The molecule has 0 fully saturated rings. The molecule has 4 heteroatoms. The average molecular weight is 229 g/mol. The Hall–Kier alpha value is -1.06. The molecular weight excluding hydrogens is 216 g/mol. The first-order chi connectivity index (χ1) is 7.13. The molecule has 0 atom stereocenters. The zero-order chi connectivity index (χ0) is 11.3. The minimum atomic E-state index is -0.0925. The zero-order valence-corrected chi connectivity index (χ0v) is 9.50. The van der Waals surface area contributed by atoms with Crippen molar-refractivity contribution in [3.63, 3.8) is 0 Å². The highest BCUT2D eigenvalue weighted by Gasteiger charge is 2.03. The Balaban J connectivity index is 2.51. The van der Waals surface area contributed by atoms with Gasteiger partial charge < -0.3 is 9.47 Å². The maximum absolute atomic E-state index is 11.1. The Kier molecular flexibility index (Phi) is 4.59. The molecule has 0 aliphatic carbocycles. The predicted molar refractivity (Wildman–Crippen MR) is 58.6 cm³/mol. The van der Waals surface area contributed by atoms with E-state index in [1.54, 1.807) is 18.2 Å². The van der Waals surface area contributed by atoms with Crippen LogP contribution in [0.1, 0.15) is 5.56 Å². The van der Waals surface area contributed by atoms with Crippen molar-refractivity contribution in [1.82, 2.24) is 0 Å². The highest BCUT2D eigenvalue weighted by molar-refractivity contribution is 6.31. The molecule has 0 N–H and O–H groups in total. The summed E-state index contributed by atoms with van der Waals surface area (Å²) in [5, 5.41) is 0.686. The molecular formula is C11H13ClO3. The van der Waals surface area contributed by atoms with Crippen LogP contribution in [0, 0.1) is 6.92 Å². The second kappa shape index (κ2) is 5.73. The van der Waals surface area contributed by atoms with Crippen molar-refractivity contribution in [2.75, 3.05) is 20.3 Å². The molecule has 0 saturated heterocycles. The molecule has 1 aromatic carbocycles. The van der Waals surface area contributed by atoms with Gasteiger partial charge in [-0.3, -0.25) is 4.79 Å². The Labute approximate surface area is 93.9 Å². The number of hydrogen-bond donors (Lipinski definition) is 0. The fourth-order valence-electron chi connectivity index (χ4n) is 1.07. The first-order valence-corrected chi connectivity index (χ1v) is 4.91. The molecule has 0 heterocycles. The van der Waals surface area contributed by atoms with Gasteiger partial charge in [-0.1, -0.05) is 11.6 Å². The summed E-state index contributed by atoms with van der Waals surface area (Å²) in [6.45, 7) is 1.98. The Morgan fingerprint density at radius 1 is 1.40 bits per heavy atom. The van der Waals surface area contributed by atoms with Gasteiger partial charge in [-0.15, -0.1) is 0 Å². The van der Waals surface area contributed by atoms with Crippen LogP contribution in [0.5, 0.6) is 5.75 Å². The van der Waals surface area contributed by atoms with E-state index < -0.39 is 0 Å². The minimum Gasteiger partial charge on any atom is -0.486 e. The van der Waals surface area contributed by atoms with Gasteiger partial charge in [-0.25, -0.2) is 0 Å². The maximum Gasteiger partial charge on any atom is 0.195 e. The van der Waals surface area contributed by atoms with Gasteiger partial charge in [0.1, 0.15) is 19.0 Å². The molecule has 1 rings (SSSR count). The van der Waals surface area contributed by atoms with Gasteiger partial charge in [0.15, 0.2) is 5.78 Å². The number of ketones is 1. The van der Waals surface area contributed by atoms with Crippen molar-refractivity contribution in [2.45, 2.75) is 6.92 Å². The lowest BCUT2D eigenvalue weighted by Gasteiger charge is -2.06. The predicted octanol–water partition coefficient (Wildman–Crippen LogP) is 2.24. The van der Waals surface area contributed by atoms with Crippen LogP contribution in [0.25, 0.3) is 0 Å². The highest BCUT2D eigenvalue weighted by atomic mass is 35.5. The van der Waals surface area contributed by atoms with E-state index in [9.17, 15) is 4.79 Å². The lowest BCUT2D eigenvalue weighted by molar-refractivity contribution is -0.124. The Bertz CT molecular complexity index is 350. The Morgan fingerprint density at radius 3 is 2.73 bits per heavy atom. The molecule has 0 unspecified atom stereocenters. The summed E-state index contributed by atoms with van der Waals surface area (Å²) in [5.74, 6) is 0.548. The molecule has 0 spiro atoms. The molecule has 0 radical (unpaired) electrons. The summed E-state index contributed by atoms with van der Waals surface area (Å²) in [7, 11) is 1.48. The number of halogens is 1. The van der Waals surface area contributed by atoms with Gasteiger partial charge in [0, 0.05) is 12.1 Å². The summed E-state index contributed by atoms with van der Waals surface area (Å²) in [4.78, 5) is 11.1. The van der Waals surface area contributed by atoms with Crippen molar-refractivity contribution >= 4 is 17.4 Å². The fraction of sp³-hybridized carbons (Fsp3) is 0.364. The van der Waals surface area contributed by atoms with Crippen molar-refractivity contribution in [3.8, 4) is 5.75 Å². The highest BCUT2D eigenvalue weighted by Crippen LogP contribution is 2.20. The first-order valence-electron chi connectivity index (χ1n) is 4.53. The first kappa shape index (κ1) is 12.0. The lowest BCUT2D eigenvalue weighted by atomic mass is 10.2. The molecule has 15 heavy (non-hydrogen) atoms. The number of ether oxygens (including phenoxy) is 2. The Morgan fingerprint density at radius 2 is 2.13 bits per heavy atom. The third-order valence-electron chi connectivity index (χ3n) is 1.83. The number of rotatable bonds is 5. The minimum absolute atomic E-state index is 0.0227. The average Bonchev–Trinajstić information content (AvgIpc) is 2.20. The molecule has 0 aliphatic rings. The number of carbonyl (C=O) groups is 1. The third kappa shape index (κ3) is 3.90. The van der Waals surface area contributed by atoms with Gasteiger partial charge in [-0.2, -0.15) is 0 Å². The van der Waals surface area contributed by atoms with Crippen LogP contribution in [-0.4, -0.2) is 26.1 Å². The van der Waals surface area contributed by atoms with Gasteiger partial charge in [-0.05, 0) is 30.7 Å². The van der Waals surface area contributed by atoms with Crippen LogP contribution in [-0.2, 0) is 9.53 Å². The van der Waals surface area contributed by atoms with Gasteiger partial charge in [0.05, 0.1) is 0 Å². The zero-order valence-electron chi connectivity index (χ0n) is 8.75. The van der Waals surface area contributed by atoms with Gasteiger partial charge >= 0.3 is 0 Å². The van der Waals surface area contributed by atoms with Crippen molar-refractivity contribution in [2.24, 2.45) is 0 Å². The van der Waals surface area contributed by atoms with E-state index >= 15 is 0 Å². The van der Waals surface area contributed by atoms with Crippen LogP contribution in [0.4, 0.5) is 0 Å². The molecule has 3 nitrogen and oxygen atoms in total. The van der Waals surface area contributed by atoms with E-state index in [4.69, 9.17) is 16.3 Å². The summed E-state index contributed by atoms with van der Waals surface area (Å²) in [6.07, 6.45) is 0. The van der Waals surface area contributed by atoms with Gasteiger partial charge in [0.2, 0.25) is 0 Å². The van der Waals surface area contributed by atoms with E-state index in [1.807, 2.05) is 6.92 Å².